The smallest absolute Gasteiger partial charge is 0.0702 e. The normalized spacial score (nSPS) is 10.5. The number of fused-ring (bicyclic) bond motifs is 1. The molecule has 0 aliphatic carbocycles. The zero-order valence-corrected chi connectivity index (χ0v) is 8.72. The highest BCUT2D eigenvalue weighted by Gasteiger charge is 1.98. The minimum absolute atomic E-state index is 1.04. The van der Waals surface area contributed by atoms with Crippen LogP contribution in [0.2, 0.25) is 0 Å². The van der Waals surface area contributed by atoms with Crippen LogP contribution in [-0.4, -0.2) is 4.98 Å². The molecule has 75 valence electrons. The van der Waals surface area contributed by atoms with Crippen molar-refractivity contribution >= 4 is 10.9 Å². The second-order valence-corrected chi connectivity index (χ2v) is 3.70. The summed E-state index contributed by atoms with van der Waals surface area (Å²) < 4.78 is 0. The van der Waals surface area contributed by atoms with Crippen molar-refractivity contribution < 1.29 is 0 Å². The fourth-order valence-electron chi connectivity index (χ4n) is 1.83. The van der Waals surface area contributed by atoms with Crippen molar-refractivity contribution in [2.24, 2.45) is 0 Å². The molecule has 3 rings (SSSR count). The highest BCUT2D eigenvalue weighted by molar-refractivity contribution is 5.84. The molecule has 0 amide bonds. The maximum absolute atomic E-state index is 4.31. The van der Waals surface area contributed by atoms with Gasteiger partial charge in [0.25, 0.3) is 0 Å². The van der Waals surface area contributed by atoms with E-state index >= 15 is 0 Å². The molecular weight excluding hydrogens is 194 g/mol. The number of aromatic nitrogens is 1. The number of hydrogen-bond acceptors (Lipinski definition) is 1. The number of hydrogen-bond donors (Lipinski definition) is 0. The molecule has 1 heteroatoms. The van der Waals surface area contributed by atoms with Crippen molar-refractivity contribution in [3.8, 4) is 11.1 Å². The highest BCUT2D eigenvalue weighted by atomic mass is 14.6. The Kier molecular flexibility index (Phi) is 2.15. The topological polar surface area (TPSA) is 12.9 Å². The van der Waals surface area contributed by atoms with Crippen LogP contribution in [0.5, 0.6) is 0 Å². The molecule has 0 unspecified atom stereocenters. The van der Waals surface area contributed by atoms with Gasteiger partial charge in [-0.1, -0.05) is 36.4 Å². The zero-order valence-electron chi connectivity index (χ0n) is 8.72. The summed E-state index contributed by atoms with van der Waals surface area (Å²) in [6.07, 6.45) is 1.82. The van der Waals surface area contributed by atoms with E-state index in [2.05, 4.69) is 47.4 Å². The summed E-state index contributed by atoms with van der Waals surface area (Å²) in [4.78, 5) is 4.31. The SMILES string of the molecule is [c]1ccc(-c2ccc3ncccc3c2)cc1. The largest absolute Gasteiger partial charge is 0.256 e. The Bertz CT molecular complexity index is 614. The molecular formula is C15H10N. The maximum atomic E-state index is 4.31. The Morgan fingerprint density at radius 3 is 2.62 bits per heavy atom. The zero-order chi connectivity index (χ0) is 10.8. The number of benzene rings is 2. The van der Waals surface area contributed by atoms with Crippen LogP contribution in [-0.2, 0) is 0 Å². The van der Waals surface area contributed by atoms with E-state index in [0.717, 1.165) is 5.52 Å². The summed E-state index contributed by atoms with van der Waals surface area (Å²) in [7, 11) is 0. The van der Waals surface area contributed by atoms with Crippen LogP contribution in [0.15, 0.2) is 60.8 Å². The van der Waals surface area contributed by atoms with Crippen LogP contribution in [0.4, 0.5) is 0 Å². The third-order valence-corrected chi connectivity index (χ3v) is 2.65. The molecule has 0 saturated heterocycles. The van der Waals surface area contributed by atoms with E-state index in [1.165, 1.54) is 16.5 Å². The molecule has 0 fully saturated rings. The molecule has 1 nitrogen and oxygen atoms in total. The van der Waals surface area contributed by atoms with E-state index in [4.69, 9.17) is 0 Å². The lowest BCUT2D eigenvalue weighted by Crippen LogP contribution is -1.80. The summed E-state index contributed by atoms with van der Waals surface area (Å²) in [5.74, 6) is 0. The molecule has 0 atom stereocenters. The Balaban J connectivity index is 2.19. The van der Waals surface area contributed by atoms with Crippen molar-refractivity contribution in [2.45, 2.75) is 0 Å². The molecule has 0 saturated carbocycles. The van der Waals surface area contributed by atoms with Crippen LogP contribution >= 0.6 is 0 Å². The first-order valence-electron chi connectivity index (χ1n) is 5.25. The lowest BCUT2D eigenvalue weighted by atomic mass is 10.0. The van der Waals surface area contributed by atoms with Gasteiger partial charge in [0.1, 0.15) is 0 Å². The molecule has 16 heavy (non-hydrogen) atoms. The van der Waals surface area contributed by atoms with Crippen molar-refractivity contribution in [2.75, 3.05) is 0 Å². The summed E-state index contributed by atoms with van der Waals surface area (Å²) in [5.41, 5.74) is 3.47. The molecule has 0 aliphatic heterocycles. The van der Waals surface area contributed by atoms with Crippen molar-refractivity contribution in [3.05, 3.63) is 66.9 Å². The van der Waals surface area contributed by atoms with E-state index in [1.807, 2.05) is 24.4 Å². The quantitative estimate of drug-likeness (QED) is 0.589. The lowest BCUT2D eigenvalue weighted by molar-refractivity contribution is 1.41. The number of pyridine rings is 1. The Labute approximate surface area is 94.4 Å². The third kappa shape index (κ3) is 1.57. The van der Waals surface area contributed by atoms with Crippen molar-refractivity contribution in [1.82, 2.24) is 4.98 Å². The summed E-state index contributed by atoms with van der Waals surface area (Å²) in [6.45, 7) is 0. The first kappa shape index (κ1) is 9.10. The van der Waals surface area contributed by atoms with Gasteiger partial charge in [-0.25, -0.2) is 0 Å². The number of rotatable bonds is 1. The molecule has 1 aromatic heterocycles. The van der Waals surface area contributed by atoms with Crippen LogP contribution in [0, 0.1) is 6.07 Å². The van der Waals surface area contributed by atoms with Crippen LogP contribution < -0.4 is 0 Å². The minimum Gasteiger partial charge on any atom is -0.256 e. The summed E-state index contributed by atoms with van der Waals surface area (Å²) in [6, 6.07) is 21.4. The van der Waals surface area contributed by atoms with Gasteiger partial charge in [-0.3, -0.25) is 4.98 Å². The molecule has 3 aromatic rings. The molecule has 1 radical (unpaired) electrons. The van der Waals surface area contributed by atoms with E-state index in [0.29, 0.717) is 0 Å². The van der Waals surface area contributed by atoms with Gasteiger partial charge >= 0.3 is 0 Å². The molecule has 0 N–H and O–H groups in total. The number of nitrogens with zero attached hydrogens (tertiary/aromatic N) is 1. The standard InChI is InChI=1S/C15H10N/c1-2-5-12(6-3-1)13-8-9-15-14(11-13)7-4-10-16-15/h2-11H. The first-order chi connectivity index (χ1) is 7.93. The summed E-state index contributed by atoms with van der Waals surface area (Å²) >= 11 is 0. The lowest BCUT2D eigenvalue weighted by Gasteiger charge is -2.02. The van der Waals surface area contributed by atoms with Gasteiger partial charge in [-0.05, 0) is 35.4 Å². The van der Waals surface area contributed by atoms with E-state index in [1.54, 1.807) is 0 Å². The van der Waals surface area contributed by atoms with Gasteiger partial charge in [-0.15, -0.1) is 0 Å². The van der Waals surface area contributed by atoms with E-state index in [9.17, 15) is 0 Å². The van der Waals surface area contributed by atoms with Crippen molar-refractivity contribution in [1.29, 1.82) is 0 Å². The average Bonchev–Trinajstić information content (AvgIpc) is 2.39. The van der Waals surface area contributed by atoms with Crippen LogP contribution in [0.3, 0.4) is 0 Å². The second-order valence-electron chi connectivity index (χ2n) is 3.70. The maximum Gasteiger partial charge on any atom is 0.0702 e. The Hall–Kier alpha value is -2.15. The van der Waals surface area contributed by atoms with Gasteiger partial charge in [0.15, 0.2) is 0 Å². The van der Waals surface area contributed by atoms with E-state index < -0.39 is 0 Å². The van der Waals surface area contributed by atoms with Gasteiger partial charge in [0.05, 0.1) is 5.52 Å². The molecule has 0 spiro atoms. The fraction of sp³-hybridized carbons (Fsp3) is 0. The first-order valence-corrected chi connectivity index (χ1v) is 5.25. The molecule has 1 heterocycles. The third-order valence-electron chi connectivity index (χ3n) is 2.65. The van der Waals surface area contributed by atoms with Crippen molar-refractivity contribution in [3.63, 3.8) is 0 Å². The van der Waals surface area contributed by atoms with Crippen LogP contribution in [0.1, 0.15) is 0 Å². The van der Waals surface area contributed by atoms with Gasteiger partial charge in [-0.2, -0.15) is 0 Å². The molecule has 2 aromatic carbocycles. The summed E-state index contributed by atoms with van der Waals surface area (Å²) in [5, 5.41) is 1.17. The monoisotopic (exact) mass is 204 g/mol. The van der Waals surface area contributed by atoms with Gasteiger partial charge in [0.2, 0.25) is 0 Å². The predicted molar refractivity (Wildman–Crippen MR) is 66.0 cm³/mol. The average molecular weight is 204 g/mol. The highest BCUT2D eigenvalue weighted by Crippen LogP contribution is 2.22. The Morgan fingerprint density at radius 1 is 0.875 bits per heavy atom. The second kappa shape index (κ2) is 3.78. The molecule has 0 bridgehead atoms. The Morgan fingerprint density at radius 2 is 1.75 bits per heavy atom. The van der Waals surface area contributed by atoms with Gasteiger partial charge < -0.3 is 0 Å². The van der Waals surface area contributed by atoms with Crippen LogP contribution in [0.25, 0.3) is 22.0 Å². The van der Waals surface area contributed by atoms with Gasteiger partial charge in [0, 0.05) is 11.6 Å². The fourth-order valence-corrected chi connectivity index (χ4v) is 1.83. The molecule has 0 aliphatic rings. The predicted octanol–water partition coefficient (Wildman–Crippen LogP) is 3.70. The van der Waals surface area contributed by atoms with E-state index in [-0.39, 0.29) is 0 Å². The minimum atomic E-state index is 1.04.